The van der Waals surface area contributed by atoms with Crippen molar-refractivity contribution in [3.05, 3.63) is 35.9 Å². The molecule has 1 aromatic carbocycles. The average Bonchev–Trinajstić information content (AvgIpc) is 3.32. The summed E-state index contributed by atoms with van der Waals surface area (Å²) < 4.78 is 0. The normalized spacial score (nSPS) is 19.3. The third kappa shape index (κ3) is 3.84. The number of hydrogen-bond acceptors (Lipinski definition) is 2. The summed E-state index contributed by atoms with van der Waals surface area (Å²) in [5, 5.41) is 3.07. The van der Waals surface area contributed by atoms with Gasteiger partial charge in [-0.25, -0.2) is 0 Å². The van der Waals surface area contributed by atoms with Crippen LogP contribution in [0.4, 0.5) is 0 Å². The highest BCUT2D eigenvalue weighted by atomic mass is 16.2. The van der Waals surface area contributed by atoms with Gasteiger partial charge in [0.15, 0.2) is 0 Å². The quantitative estimate of drug-likeness (QED) is 0.916. The Kier molecular flexibility index (Phi) is 4.23. The van der Waals surface area contributed by atoms with Crippen molar-refractivity contribution >= 4 is 11.8 Å². The van der Waals surface area contributed by atoms with E-state index < -0.39 is 0 Å². The summed E-state index contributed by atoms with van der Waals surface area (Å²) in [5.74, 6) is 0.446. The second kappa shape index (κ2) is 6.29. The van der Waals surface area contributed by atoms with Crippen molar-refractivity contribution in [2.24, 2.45) is 5.92 Å². The lowest BCUT2D eigenvalue weighted by Gasteiger charge is -2.31. The number of nitrogens with zero attached hydrogens (tertiary/aromatic N) is 1. The minimum absolute atomic E-state index is 0.0892. The number of benzene rings is 1. The Morgan fingerprint density at radius 2 is 1.71 bits per heavy atom. The third-order valence-corrected chi connectivity index (χ3v) is 4.34. The first-order valence-electron chi connectivity index (χ1n) is 7.84. The van der Waals surface area contributed by atoms with Crippen molar-refractivity contribution in [3.63, 3.8) is 0 Å². The molecule has 0 unspecified atom stereocenters. The Morgan fingerprint density at radius 1 is 1.05 bits per heavy atom. The molecule has 1 heterocycles. The van der Waals surface area contributed by atoms with Gasteiger partial charge in [-0.2, -0.15) is 0 Å². The van der Waals surface area contributed by atoms with Gasteiger partial charge in [-0.3, -0.25) is 9.59 Å². The molecule has 1 aromatic rings. The zero-order valence-corrected chi connectivity index (χ0v) is 12.3. The number of rotatable bonds is 4. The van der Waals surface area contributed by atoms with Crippen molar-refractivity contribution in [2.75, 3.05) is 13.1 Å². The monoisotopic (exact) mass is 286 g/mol. The summed E-state index contributed by atoms with van der Waals surface area (Å²) in [7, 11) is 0. The van der Waals surface area contributed by atoms with Crippen LogP contribution in [-0.2, 0) is 16.0 Å². The molecule has 4 heteroatoms. The molecule has 1 aliphatic heterocycles. The van der Waals surface area contributed by atoms with E-state index in [0.717, 1.165) is 31.2 Å². The molecule has 2 aliphatic rings. The molecular formula is C17H22N2O2. The van der Waals surface area contributed by atoms with E-state index in [2.05, 4.69) is 5.32 Å². The van der Waals surface area contributed by atoms with Crippen LogP contribution < -0.4 is 5.32 Å². The number of piperidine rings is 1. The molecule has 4 nitrogen and oxygen atoms in total. The molecule has 0 spiro atoms. The summed E-state index contributed by atoms with van der Waals surface area (Å²) in [4.78, 5) is 26.2. The molecule has 0 atom stereocenters. The Labute approximate surface area is 125 Å². The third-order valence-electron chi connectivity index (χ3n) is 4.34. The number of carbonyl (C=O) groups is 2. The minimum Gasteiger partial charge on any atom is -0.353 e. The summed E-state index contributed by atoms with van der Waals surface area (Å²) >= 11 is 0. The van der Waals surface area contributed by atoms with Crippen molar-refractivity contribution < 1.29 is 9.59 Å². The standard InChI is InChI=1S/C17H22N2O2/c20-16(12-13-4-2-1-3-5-13)19-10-8-14(9-11-19)17(21)18-15-6-7-15/h1-5,14-15H,6-12H2,(H,18,21). The summed E-state index contributed by atoms with van der Waals surface area (Å²) in [6.07, 6.45) is 4.29. The molecule has 1 N–H and O–H groups in total. The summed E-state index contributed by atoms with van der Waals surface area (Å²) in [6, 6.07) is 10.3. The maximum atomic E-state index is 12.3. The maximum absolute atomic E-state index is 12.3. The molecule has 1 saturated heterocycles. The predicted octanol–water partition coefficient (Wildman–Crippen LogP) is 1.75. The Morgan fingerprint density at radius 3 is 2.33 bits per heavy atom. The van der Waals surface area contributed by atoms with Gasteiger partial charge in [0.25, 0.3) is 0 Å². The molecule has 3 rings (SSSR count). The average molecular weight is 286 g/mol. The van der Waals surface area contributed by atoms with Crippen molar-refractivity contribution in [1.29, 1.82) is 0 Å². The van der Waals surface area contributed by atoms with Crippen LogP contribution in [0.5, 0.6) is 0 Å². The first-order valence-corrected chi connectivity index (χ1v) is 7.84. The lowest BCUT2D eigenvalue weighted by molar-refractivity contribution is -0.135. The topological polar surface area (TPSA) is 49.4 Å². The summed E-state index contributed by atoms with van der Waals surface area (Å²) in [6.45, 7) is 1.41. The van der Waals surface area contributed by atoms with E-state index in [9.17, 15) is 9.59 Å². The molecule has 0 aromatic heterocycles. The zero-order chi connectivity index (χ0) is 14.7. The van der Waals surface area contributed by atoms with Crippen LogP contribution in [0.3, 0.4) is 0 Å². The van der Waals surface area contributed by atoms with Crippen molar-refractivity contribution in [1.82, 2.24) is 10.2 Å². The Balaban J connectivity index is 1.46. The van der Waals surface area contributed by atoms with E-state index in [1.165, 1.54) is 0 Å². The molecule has 21 heavy (non-hydrogen) atoms. The highest BCUT2D eigenvalue weighted by Crippen LogP contribution is 2.23. The van der Waals surface area contributed by atoms with Crippen LogP contribution in [0.2, 0.25) is 0 Å². The molecule has 1 aliphatic carbocycles. The number of likely N-dealkylation sites (tertiary alicyclic amines) is 1. The molecule has 0 bridgehead atoms. The number of hydrogen-bond donors (Lipinski definition) is 1. The van der Waals surface area contributed by atoms with E-state index >= 15 is 0 Å². The van der Waals surface area contributed by atoms with E-state index in [4.69, 9.17) is 0 Å². The largest absolute Gasteiger partial charge is 0.353 e. The SMILES string of the molecule is O=C(NC1CC1)C1CCN(C(=O)Cc2ccccc2)CC1. The smallest absolute Gasteiger partial charge is 0.226 e. The fraction of sp³-hybridized carbons (Fsp3) is 0.529. The van der Waals surface area contributed by atoms with Gasteiger partial charge in [0.1, 0.15) is 0 Å². The first-order chi connectivity index (χ1) is 10.2. The van der Waals surface area contributed by atoms with Gasteiger partial charge in [-0.1, -0.05) is 30.3 Å². The van der Waals surface area contributed by atoms with E-state index in [1.54, 1.807) is 0 Å². The van der Waals surface area contributed by atoms with Crippen molar-refractivity contribution in [2.45, 2.75) is 38.1 Å². The van der Waals surface area contributed by atoms with Crippen LogP contribution in [0.1, 0.15) is 31.2 Å². The molecule has 112 valence electrons. The van der Waals surface area contributed by atoms with Gasteiger partial charge >= 0.3 is 0 Å². The van der Waals surface area contributed by atoms with E-state index in [0.29, 0.717) is 25.6 Å². The van der Waals surface area contributed by atoms with Crippen LogP contribution in [0, 0.1) is 5.92 Å². The van der Waals surface area contributed by atoms with Crippen molar-refractivity contribution in [3.8, 4) is 0 Å². The van der Waals surface area contributed by atoms with Crippen LogP contribution >= 0.6 is 0 Å². The molecule has 2 amide bonds. The van der Waals surface area contributed by atoms with Crippen LogP contribution in [0.15, 0.2) is 30.3 Å². The fourth-order valence-electron chi connectivity index (χ4n) is 2.82. The van der Waals surface area contributed by atoms with Gasteiger partial charge < -0.3 is 10.2 Å². The number of amides is 2. The Hall–Kier alpha value is -1.84. The van der Waals surface area contributed by atoms with Gasteiger partial charge in [-0.15, -0.1) is 0 Å². The first kappa shape index (κ1) is 14.1. The maximum Gasteiger partial charge on any atom is 0.226 e. The van der Waals surface area contributed by atoms with E-state index in [1.807, 2.05) is 35.2 Å². The minimum atomic E-state index is 0.0892. The van der Waals surface area contributed by atoms with Gasteiger partial charge in [0.2, 0.25) is 11.8 Å². The number of nitrogens with one attached hydrogen (secondary N) is 1. The predicted molar refractivity (Wildman–Crippen MR) is 80.6 cm³/mol. The molecule has 0 radical (unpaired) electrons. The highest BCUT2D eigenvalue weighted by molar-refractivity contribution is 5.81. The lowest BCUT2D eigenvalue weighted by Crippen LogP contribution is -2.43. The fourth-order valence-corrected chi connectivity index (χ4v) is 2.82. The van der Waals surface area contributed by atoms with Gasteiger partial charge in [0, 0.05) is 25.0 Å². The zero-order valence-electron chi connectivity index (χ0n) is 12.3. The summed E-state index contributed by atoms with van der Waals surface area (Å²) in [5.41, 5.74) is 1.05. The molecular weight excluding hydrogens is 264 g/mol. The highest BCUT2D eigenvalue weighted by Gasteiger charge is 2.30. The second-order valence-electron chi connectivity index (χ2n) is 6.10. The second-order valence-corrected chi connectivity index (χ2v) is 6.10. The Bertz CT molecular complexity index is 503. The number of carbonyl (C=O) groups excluding carboxylic acids is 2. The van der Waals surface area contributed by atoms with Gasteiger partial charge in [-0.05, 0) is 31.2 Å². The van der Waals surface area contributed by atoms with Crippen LogP contribution in [-0.4, -0.2) is 35.8 Å². The molecule has 2 fully saturated rings. The van der Waals surface area contributed by atoms with Crippen LogP contribution in [0.25, 0.3) is 0 Å². The lowest BCUT2D eigenvalue weighted by atomic mass is 9.95. The van der Waals surface area contributed by atoms with E-state index in [-0.39, 0.29) is 17.7 Å². The molecule has 1 saturated carbocycles. The van der Waals surface area contributed by atoms with Gasteiger partial charge in [0.05, 0.1) is 6.42 Å².